The molecular formula is C21H28N4O4. The molecule has 1 aromatic carbocycles. The first-order chi connectivity index (χ1) is 14.0. The average Bonchev–Trinajstić information content (AvgIpc) is 3.17. The Bertz CT molecular complexity index is 842. The summed E-state index contributed by atoms with van der Waals surface area (Å²) in [5.41, 5.74) is 1.23. The molecule has 0 saturated carbocycles. The first-order valence-electron chi connectivity index (χ1n) is 9.80. The van der Waals surface area contributed by atoms with Crippen LogP contribution in [0.5, 0.6) is 11.5 Å². The number of hydrogen-bond acceptors (Lipinski definition) is 5. The third-order valence-corrected chi connectivity index (χ3v) is 5.26. The molecule has 1 saturated heterocycles. The zero-order valence-electron chi connectivity index (χ0n) is 17.2. The van der Waals surface area contributed by atoms with Gasteiger partial charge < -0.3 is 19.7 Å². The number of ether oxygens (including phenoxy) is 2. The van der Waals surface area contributed by atoms with Crippen LogP contribution < -0.4 is 14.8 Å². The van der Waals surface area contributed by atoms with Gasteiger partial charge in [-0.25, -0.2) is 0 Å². The van der Waals surface area contributed by atoms with Crippen molar-refractivity contribution in [2.75, 3.05) is 32.6 Å². The number of nitrogens with zero attached hydrogens (tertiary/aromatic N) is 3. The summed E-state index contributed by atoms with van der Waals surface area (Å²) in [5.74, 6) is 1.50. The maximum atomic E-state index is 12.7. The Labute approximate surface area is 170 Å². The van der Waals surface area contributed by atoms with E-state index in [2.05, 4.69) is 10.4 Å². The van der Waals surface area contributed by atoms with Crippen molar-refractivity contribution in [2.24, 2.45) is 13.0 Å². The van der Waals surface area contributed by atoms with Crippen LogP contribution in [0, 0.1) is 5.92 Å². The van der Waals surface area contributed by atoms with Crippen LogP contribution >= 0.6 is 0 Å². The van der Waals surface area contributed by atoms with Crippen molar-refractivity contribution in [3.05, 3.63) is 36.2 Å². The van der Waals surface area contributed by atoms with Crippen LogP contribution in [0.1, 0.15) is 36.2 Å². The van der Waals surface area contributed by atoms with Gasteiger partial charge in [0.25, 0.3) is 5.91 Å². The van der Waals surface area contributed by atoms with Crippen molar-refractivity contribution in [1.29, 1.82) is 0 Å². The van der Waals surface area contributed by atoms with Gasteiger partial charge in [-0.3, -0.25) is 14.3 Å². The van der Waals surface area contributed by atoms with Crippen LogP contribution in [0.15, 0.2) is 30.5 Å². The number of aromatic nitrogens is 2. The van der Waals surface area contributed by atoms with Gasteiger partial charge in [-0.2, -0.15) is 5.10 Å². The quantitative estimate of drug-likeness (QED) is 0.772. The van der Waals surface area contributed by atoms with Gasteiger partial charge in [0, 0.05) is 56.6 Å². The summed E-state index contributed by atoms with van der Waals surface area (Å²) in [5, 5.41) is 6.98. The number of carbonyl (C=O) groups excluding carboxylic acids is 2. The third kappa shape index (κ3) is 5.28. The number of anilines is 1. The molecule has 156 valence electrons. The lowest BCUT2D eigenvalue weighted by Gasteiger charge is -2.32. The Kier molecular flexibility index (Phi) is 6.74. The highest BCUT2D eigenvalue weighted by Gasteiger charge is 2.26. The number of likely N-dealkylation sites (tertiary alicyclic amines) is 1. The highest BCUT2D eigenvalue weighted by Crippen LogP contribution is 2.27. The largest absolute Gasteiger partial charge is 0.497 e. The van der Waals surface area contributed by atoms with Gasteiger partial charge in [0.15, 0.2) is 0 Å². The molecule has 8 heteroatoms. The van der Waals surface area contributed by atoms with Crippen molar-refractivity contribution in [1.82, 2.24) is 14.7 Å². The Morgan fingerprint density at radius 1 is 1.21 bits per heavy atom. The molecule has 1 aliphatic rings. The molecule has 29 heavy (non-hydrogen) atoms. The number of carbonyl (C=O) groups is 2. The summed E-state index contributed by atoms with van der Waals surface area (Å²) in [7, 11) is 4.91. The minimum absolute atomic E-state index is 0.00243. The molecular weight excluding hydrogens is 372 g/mol. The van der Waals surface area contributed by atoms with E-state index in [0.717, 1.165) is 25.8 Å². The van der Waals surface area contributed by atoms with E-state index in [-0.39, 0.29) is 11.8 Å². The van der Waals surface area contributed by atoms with Gasteiger partial charge in [0.05, 0.1) is 14.2 Å². The normalized spacial score (nSPS) is 16.4. The predicted molar refractivity (Wildman–Crippen MR) is 109 cm³/mol. The zero-order chi connectivity index (χ0) is 20.8. The molecule has 1 N–H and O–H groups in total. The first-order valence-corrected chi connectivity index (χ1v) is 9.80. The molecule has 0 bridgehead atoms. The number of piperidine rings is 1. The van der Waals surface area contributed by atoms with E-state index in [0.29, 0.717) is 41.8 Å². The number of nitrogens with one attached hydrogen (secondary N) is 1. The third-order valence-electron chi connectivity index (χ3n) is 5.26. The maximum Gasteiger partial charge on any atom is 0.272 e. The SMILES string of the molecule is COc1cc(NC(=O)CC[C@@H]2CCCN(C(=O)c3ccnn3C)C2)cc(OC)c1. The van der Waals surface area contributed by atoms with Gasteiger partial charge in [-0.1, -0.05) is 0 Å². The van der Waals surface area contributed by atoms with Gasteiger partial charge in [0.1, 0.15) is 17.2 Å². The van der Waals surface area contributed by atoms with E-state index in [1.807, 2.05) is 4.90 Å². The topological polar surface area (TPSA) is 85.7 Å². The van der Waals surface area contributed by atoms with Crippen molar-refractivity contribution in [2.45, 2.75) is 25.7 Å². The minimum atomic E-state index is -0.0598. The molecule has 0 aliphatic carbocycles. The van der Waals surface area contributed by atoms with E-state index in [9.17, 15) is 9.59 Å². The molecule has 3 rings (SSSR count). The monoisotopic (exact) mass is 400 g/mol. The van der Waals surface area contributed by atoms with E-state index in [1.165, 1.54) is 0 Å². The second-order valence-electron chi connectivity index (χ2n) is 7.29. The van der Waals surface area contributed by atoms with Gasteiger partial charge in [-0.05, 0) is 31.2 Å². The molecule has 2 aromatic rings. The summed E-state index contributed by atoms with van der Waals surface area (Å²) in [4.78, 5) is 27.0. The van der Waals surface area contributed by atoms with Gasteiger partial charge in [0.2, 0.25) is 5.91 Å². The Morgan fingerprint density at radius 3 is 2.55 bits per heavy atom. The van der Waals surface area contributed by atoms with Gasteiger partial charge >= 0.3 is 0 Å². The van der Waals surface area contributed by atoms with E-state index < -0.39 is 0 Å². The minimum Gasteiger partial charge on any atom is -0.497 e. The second-order valence-corrected chi connectivity index (χ2v) is 7.29. The summed E-state index contributed by atoms with van der Waals surface area (Å²) in [6.45, 7) is 1.42. The number of amides is 2. The van der Waals surface area contributed by atoms with Crippen LogP contribution in [0.3, 0.4) is 0 Å². The summed E-state index contributed by atoms with van der Waals surface area (Å²) < 4.78 is 12.1. The number of methoxy groups -OCH3 is 2. The molecule has 1 atom stereocenters. The molecule has 2 heterocycles. The van der Waals surface area contributed by atoms with Crippen LogP contribution in [0.25, 0.3) is 0 Å². The number of rotatable bonds is 7. The molecule has 2 amide bonds. The van der Waals surface area contributed by atoms with Crippen LogP contribution in [0.2, 0.25) is 0 Å². The van der Waals surface area contributed by atoms with Crippen LogP contribution in [-0.2, 0) is 11.8 Å². The number of benzene rings is 1. The van der Waals surface area contributed by atoms with E-state index in [4.69, 9.17) is 9.47 Å². The van der Waals surface area contributed by atoms with Crippen molar-refractivity contribution in [3.8, 4) is 11.5 Å². The smallest absolute Gasteiger partial charge is 0.272 e. The zero-order valence-corrected chi connectivity index (χ0v) is 17.2. The van der Waals surface area contributed by atoms with Crippen molar-refractivity contribution >= 4 is 17.5 Å². The lowest BCUT2D eigenvalue weighted by Crippen LogP contribution is -2.40. The molecule has 1 aliphatic heterocycles. The highest BCUT2D eigenvalue weighted by molar-refractivity contribution is 5.92. The fourth-order valence-electron chi connectivity index (χ4n) is 3.67. The Balaban J connectivity index is 1.52. The van der Waals surface area contributed by atoms with E-state index in [1.54, 1.807) is 56.4 Å². The summed E-state index contributed by atoms with van der Waals surface area (Å²) >= 11 is 0. The molecule has 0 unspecified atom stereocenters. The standard InChI is InChI=1S/C21H28N4O4/c1-24-19(8-9-22-24)21(27)25-10-4-5-15(14-25)6-7-20(26)23-16-11-17(28-2)13-18(12-16)29-3/h8-9,11-13,15H,4-7,10,14H2,1-3H3,(H,23,26)/t15-/m0/s1. The first kappa shape index (κ1) is 20.7. The van der Waals surface area contributed by atoms with E-state index >= 15 is 0 Å². The number of hydrogen-bond donors (Lipinski definition) is 1. The van der Waals surface area contributed by atoms with Crippen LogP contribution in [0.4, 0.5) is 5.69 Å². The highest BCUT2D eigenvalue weighted by atomic mass is 16.5. The molecule has 1 aromatic heterocycles. The molecule has 0 radical (unpaired) electrons. The fraction of sp³-hybridized carbons (Fsp3) is 0.476. The van der Waals surface area contributed by atoms with Gasteiger partial charge in [-0.15, -0.1) is 0 Å². The maximum absolute atomic E-state index is 12.7. The second kappa shape index (κ2) is 9.45. The Hall–Kier alpha value is -3.03. The Morgan fingerprint density at radius 2 is 1.93 bits per heavy atom. The van der Waals surface area contributed by atoms with Crippen molar-refractivity contribution < 1.29 is 19.1 Å². The lowest BCUT2D eigenvalue weighted by molar-refractivity contribution is -0.116. The number of aryl methyl sites for hydroxylation is 1. The summed E-state index contributed by atoms with van der Waals surface area (Å²) in [6, 6.07) is 7.01. The molecule has 0 spiro atoms. The van der Waals surface area contributed by atoms with Crippen LogP contribution in [-0.4, -0.2) is 53.8 Å². The summed E-state index contributed by atoms with van der Waals surface area (Å²) in [6.07, 6.45) is 4.74. The fourth-order valence-corrected chi connectivity index (χ4v) is 3.67. The average molecular weight is 400 g/mol. The molecule has 8 nitrogen and oxygen atoms in total. The predicted octanol–water partition coefficient (Wildman–Crippen LogP) is 2.71. The molecule has 1 fully saturated rings. The lowest BCUT2D eigenvalue weighted by atomic mass is 9.93. The van der Waals surface area contributed by atoms with Crippen molar-refractivity contribution in [3.63, 3.8) is 0 Å².